The Hall–Kier alpha value is -1.11. The lowest BCUT2D eigenvalue weighted by Gasteiger charge is -2.07. The molecule has 0 fully saturated rings. The molecule has 1 aromatic carbocycles. The summed E-state index contributed by atoms with van der Waals surface area (Å²) in [6, 6.07) is 5.01. The minimum atomic E-state index is -0.331. The molecule has 0 unspecified atom stereocenters. The molecule has 0 heterocycles. The maximum Gasteiger partial charge on any atom is 0.316 e. The maximum absolute atomic E-state index is 13.8. The molecule has 1 N–H and O–H groups in total. The van der Waals surface area contributed by atoms with Gasteiger partial charge in [-0.3, -0.25) is 4.79 Å². The number of benzene rings is 1. The van der Waals surface area contributed by atoms with Gasteiger partial charge in [-0.05, 0) is 24.6 Å². The molecule has 0 aliphatic rings. The summed E-state index contributed by atoms with van der Waals surface area (Å²) >= 11 is 1.15. The normalized spacial score (nSPS) is 10.6. The van der Waals surface area contributed by atoms with Gasteiger partial charge in [0.2, 0.25) is 0 Å². The summed E-state index contributed by atoms with van der Waals surface area (Å²) in [7, 11) is 1.64. The summed E-state index contributed by atoms with van der Waals surface area (Å²) in [5, 5.41) is 3.14. The van der Waals surface area contributed by atoms with E-state index in [0.717, 1.165) is 23.9 Å². The van der Waals surface area contributed by atoms with Crippen molar-refractivity contribution < 1.29 is 18.7 Å². The van der Waals surface area contributed by atoms with Gasteiger partial charge in [0.25, 0.3) is 0 Å². The minimum Gasteiger partial charge on any atom is -0.465 e. The number of hydrogen-bond acceptors (Lipinski definition) is 5. The Morgan fingerprint density at radius 3 is 2.90 bits per heavy atom. The second-order valence-electron chi connectivity index (χ2n) is 4.03. The van der Waals surface area contributed by atoms with Gasteiger partial charge in [-0.2, -0.15) is 0 Å². The van der Waals surface area contributed by atoms with Crippen LogP contribution in [0.25, 0.3) is 0 Å². The molecule has 1 aromatic rings. The molecule has 6 heteroatoms. The van der Waals surface area contributed by atoms with Crippen LogP contribution in [0.5, 0.6) is 0 Å². The van der Waals surface area contributed by atoms with Crippen molar-refractivity contribution >= 4 is 17.7 Å². The molecule has 0 saturated heterocycles. The first-order chi connectivity index (χ1) is 9.67. The van der Waals surface area contributed by atoms with Gasteiger partial charge in [-0.1, -0.05) is 6.07 Å². The van der Waals surface area contributed by atoms with Crippen LogP contribution in [0.15, 0.2) is 23.1 Å². The fraction of sp³-hybridized carbons (Fsp3) is 0.500. The number of carbonyl (C=O) groups is 1. The van der Waals surface area contributed by atoms with E-state index < -0.39 is 0 Å². The lowest BCUT2D eigenvalue weighted by atomic mass is 10.2. The zero-order valence-electron chi connectivity index (χ0n) is 11.8. The van der Waals surface area contributed by atoms with E-state index in [0.29, 0.717) is 24.7 Å². The third-order valence-corrected chi connectivity index (χ3v) is 3.48. The van der Waals surface area contributed by atoms with Crippen LogP contribution in [-0.4, -0.2) is 38.6 Å². The molecular weight excluding hydrogens is 281 g/mol. The smallest absolute Gasteiger partial charge is 0.316 e. The Labute approximate surface area is 123 Å². The van der Waals surface area contributed by atoms with E-state index in [9.17, 15) is 9.18 Å². The highest BCUT2D eigenvalue weighted by Gasteiger charge is 2.08. The number of nitrogens with one attached hydrogen (secondary N) is 1. The Morgan fingerprint density at radius 2 is 2.25 bits per heavy atom. The molecule has 112 valence electrons. The Bertz CT molecular complexity index is 429. The lowest BCUT2D eigenvalue weighted by Crippen LogP contribution is -2.18. The number of esters is 1. The van der Waals surface area contributed by atoms with Crippen LogP contribution >= 0.6 is 11.8 Å². The summed E-state index contributed by atoms with van der Waals surface area (Å²) in [5.41, 5.74) is 0.860. The third kappa shape index (κ3) is 6.36. The molecule has 20 heavy (non-hydrogen) atoms. The molecule has 0 aliphatic carbocycles. The molecule has 0 amide bonds. The van der Waals surface area contributed by atoms with Crippen molar-refractivity contribution in [3.8, 4) is 0 Å². The molecule has 0 bridgehead atoms. The molecule has 1 rings (SSSR count). The SMILES string of the molecule is CCOC(=O)CSc1ccc(CNCCOC)cc1F. The largest absolute Gasteiger partial charge is 0.465 e. The van der Waals surface area contributed by atoms with Gasteiger partial charge >= 0.3 is 5.97 Å². The van der Waals surface area contributed by atoms with Crippen LogP contribution in [0.4, 0.5) is 4.39 Å². The molecule has 0 aromatic heterocycles. The van der Waals surface area contributed by atoms with Gasteiger partial charge in [0.1, 0.15) is 5.82 Å². The van der Waals surface area contributed by atoms with Crippen LogP contribution in [0.1, 0.15) is 12.5 Å². The Kier molecular flexibility index (Phi) is 8.25. The van der Waals surface area contributed by atoms with Gasteiger partial charge in [0.15, 0.2) is 0 Å². The van der Waals surface area contributed by atoms with E-state index in [2.05, 4.69) is 5.32 Å². The summed E-state index contributed by atoms with van der Waals surface area (Å²) < 4.78 is 23.5. The van der Waals surface area contributed by atoms with E-state index in [1.165, 1.54) is 6.07 Å². The van der Waals surface area contributed by atoms with Gasteiger partial charge in [-0.25, -0.2) is 4.39 Å². The summed E-state index contributed by atoms with van der Waals surface area (Å²) in [4.78, 5) is 11.7. The zero-order chi connectivity index (χ0) is 14.8. The van der Waals surface area contributed by atoms with Crippen LogP contribution in [0.3, 0.4) is 0 Å². The fourth-order valence-electron chi connectivity index (χ4n) is 1.52. The number of ether oxygens (including phenoxy) is 2. The number of halogens is 1. The van der Waals surface area contributed by atoms with Crippen molar-refractivity contribution in [3.63, 3.8) is 0 Å². The van der Waals surface area contributed by atoms with Crippen molar-refractivity contribution in [2.75, 3.05) is 32.6 Å². The molecule has 0 saturated carbocycles. The molecular formula is C14H20FNO3S. The topological polar surface area (TPSA) is 47.6 Å². The molecule has 0 atom stereocenters. The molecule has 0 radical (unpaired) electrons. The minimum absolute atomic E-state index is 0.121. The van der Waals surface area contributed by atoms with Crippen LogP contribution in [-0.2, 0) is 20.8 Å². The molecule has 0 spiro atoms. The monoisotopic (exact) mass is 301 g/mol. The Morgan fingerprint density at radius 1 is 1.45 bits per heavy atom. The molecule has 4 nitrogen and oxygen atoms in total. The highest BCUT2D eigenvalue weighted by atomic mass is 32.2. The van der Waals surface area contributed by atoms with Crippen molar-refractivity contribution in [2.45, 2.75) is 18.4 Å². The average molecular weight is 301 g/mol. The number of rotatable bonds is 9. The summed E-state index contributed by atoms with van der Waals surface area (Å²) in [6.07, 6.45) is 0. The lowest BCUT2D eigenvalue weighted by molar-refractivity contribution is -0.139. The van der Waals surface area contributed by atoms with Crippen molar-refractivity contribution in [2.24, 2.45) is 0 Å². The third-order valence-electron chi connectivity index (χ3n) is 2.46. The average Bonchev–Trinajstić information content (AvgIpc) is 2.43. The van der Waals surface area contributed by atoms with Crippen LogP contribution in [0.2, 0.25) is 0 Å². The standard InChI is InChI=1S/C14H20FNO3S/c1-3-19-14(17)10-20-13-5-4-11(8-12(13)15)9-16-6-7-18-2/h4-5,8,16H,3,6-7,9-10H2,1-2H3. The highest BCUT2D eigenvalue weighted by molar-refractivity contribution is 8.00. The van der Waals surface area contributed by atoms with Gasteiger partial charge in [0, 0.05) is 25.1 Å². The fourth-order valence-corrected chi connectivity index (χ4v) is 2.24. The predicted molar refractivity (Wildman–Crippen MR) is 77.3 cm³/mol. The number of hydrogen-bond donors (Lipinski definition) is 1. The van der Waals surface area contributed by atoms with Gasteiger partial charge in [0.05, 0.1) is 19.0 Å². The van der Waals surface area contributed by atoms with E-state index in [4.69, 9.17) is 9.47 Å². The van der Waals surface area contributed by atoms with Crippen molar-refractivity contribution in [3.05, 3.63) is 29.6 Å². The summed E-state index contributed by atoms with van der Waals surface area (Å²) in [5.74, 6) is -0.525. The first-order valence-corrected chi connectivity index (χ1v) is 7.42. The predicted octanol–water partition coefficient (Wildman–Crippen LogP) is 2.22. The second-order valence-corrected chi connectivity index (χ2v) is 5.05. The first-order valence-electron chi connectivity index (χ1n) is 6.43. The Balaban J connectivity index is 2.44. The van der Waals surface area contributed by atoms with E-state index in [1.54, 1.807) is 20.1 Å². The van der Waals surface area contributed by atoms with Crippen molar-refractivity contribution in [1.82, 2.24) is 5.32 Å². The van der Waals surface area contributed by atoms with Gasteiger partial charge < -0.3 is 14.8 Å². The van der Waals surface area contributed by atoms with Crippen LogP contribution in [0, 0.1) is 5.82 Å². The van der Waals surface area contributed by atoms with Crippen LogP contribution < -0.4 is 5.32 Å². The first kappa shape index (κ1) is 16.9. The van der Waals surface area contributed by atoms with E-state index in [-0.39, 0.29) is 17.5 Å². The molecule has 0 aliphatic heterocycles. The second kappa shape index (κ2) is 9.74. The van der Waals surface area contributed by atoms with Crippen molar-refractivity contribution in [1.29, 1.82) is 0 Å². The quantitative estimate of drug-likeness (QED) is 0.430. The number of carbonyl (C=O) groups excluding carboxylic acids is 1. The maximum atomic E-state index is 13.8. The van der Waals surface area contributed by atoms with Gasteiger partial charge in [-0.15, -0.1) is 11.8 Å². The number of methoxy groups -OCH3 is 1. The zero-order valence-corrected chi connectivity index (χ0v) is 12.6. The van der Waals surface area contributed by atoms with E-state index >= 15 is 0 Å². The summed E-state index contributed by atoms with van der Waals surface area (Å²) in [6.45, 7) is 4.01. The number of thioether (sulfide) groups is 1. The van der Waals surface area contributed by atoms with E-state index in [1.807, 2.05) is 6.07 Å². The highest BCUT2D eigenvalue weighted by Crippen LogP contribution is 2.22.